The molecular weight excluding hydrogens is 268 g/mol. The first-order valence-corrected chi connectivity index (χ1v) is 7.37. The van der Waals surface area contributed by atoms with Crippen molar-refractivity contribution in [3.63, 3.8) is 0 Å². The smallest absolute Gasteiger partial charge is 0.240 e. The van der Waals surface area contributed by atoms with Crippen LogP contribution in [-0.2, 0) is 11.3 Å². The molecular formula is C16H24N2O3. The van der Waals surface area contributed by atoms with E-state index in [-0.39, 0.29) is 24.7 Å². The van der Waals surface area contributed by atoms with Crippen molar-refractivity contribution in [2.24, 2.45) is 0 Å². The van der Waals surface area contributed by atoms with Gasteiger partial charge in [-0.2, -0.15) is 0 Å². The van der Waals surface area contributed by atoms with Crippen molar-refractivity contribution in [3.8, 4) is 5.75 Å². The maximum atomic E-state index is 12.5. The van der Waals surface area contributed by atoms with Gasteiger partial charge in [0.1, 0.15) is 12.4 Å². The number of benzene rings is 1. The van der Waals surface area contributed by atoms with E-state index in [1.54, 1.807) is 0 Å². The Labute approximate surface area is 125 Å². The molecule has 1 aromatic rings. The standard InChI is InChI=1S/C16H24N2O3/c1-18(2)16(8-5-9-16)15(20)17-12-13-6-3-4-7-14(13)21-11-10-19/h3-4,6-7,19H,5,8-12H2,1-2H3,(H,17,20). The molecule has 1 saturated carbocycles. The summed E-state index contributed by atoms with van der Waals surface area (Å²) >= 11 is 0. The Bertz CT molecular complexity index is 484. The predicted octanol–water partition coefficient (Wildman–Crippen LogP) is 1.16. The third-order valence-corrected chi connectivity index (χ3v) is 4.22. The number of amides is 1. The topological polar surface area (TPSA) is 61.8 Å². The van der Waals surface area contributed by atoms with E-state index in [0.717, 1.165) is 24.8 Å². The molecule has 0 saturated heterocycles. The highest BCUT2D eigenvalue weighted by molar-refractivity contribution is 5.87. The van der Waals surface area contributed by atoms with E-state index >= 15 is 0 Å². The summed E-state index contributed by atoms with van der Waals surface area (Å²) in [6.07, 6.45) is 2.92. The number of hydrogen-bond donors (Lipinski definition) is 2. The second-order valence-electron chi connectivity index (χ2n) is 5.64. The van der Waals surface area contributed by atoms with Crippen LogP contribution in [0, 0.1) is 0 Å². The molecule has 0 aromatic heterocycles. The van der Waals surface area contributed by atoms with Crippen molar-refractivity contribution in [1.29, 1.82) is 0 Å². The summed E-state index contributed by atoms with van der Waals surface area (Å²) in [6.45, 7) is 0.674. The highest BCUT2D eigenvalue weighted by Crippen LogP contribution is 2.36. The van der Waals surface area contributed by atoms with E-state index in [2.05, 4.69) is 5.32 Å². The summed E-state index contributed by atoms with van der Waals surface area (Å²) in [5, 5.41) is 11.9. The lowest BCUT2D eigenvalue weighted by Gasteiger charge is -2.45. The molecule has 0 aliphatic heterocycles. The van der Waals surface area contributed by atoms with Gasteiger partial charge in [-0.25, -0.2) is 0 Å². The fraction of sp³-hybridized carbons (Fsp3) is 0.562. The Morgan fingerprint density at radius 2 is 2.10 bits per heavy atom. The first-order chi connectivity index (χ1) is 10.1. The zero-order valence-corrected chi connectivity index (χ0v) is 12.8. The number of nitrogens with one attached hydrogen (secondary N) is 1. The fourth-order valence-electron chi connectivity index (χ4n) is 2.68. The quantitative estimate of drug-likeness (QED) is 0.791. The van der Waals surface area contributed by atoms with Gasteiger partial charge in [-0.15, -0.1) is 0 Å². The minimum atomic E-state index is -0.346. The number of nitrogens with zero attached hydrogens (tertiary/aromatic N) is 1. The number of aliphatic hydroxyl groups is 1. The highest BCUT2D eigenvalue weighted by atomic mass is 16.5. The van der Waals surface area contributed by atoms with Crippen LogP contribution in [0.15, 0.2) is 24.3 Å². The first-order valence-electron chi connectivity index (χ1n) is 7.37. The molecule has 0 unspecified atom stereocenters. The lowest BCUT2D eigenvalue weighted by Crippen LogP contribution is -2.60. The van der Waals surface area contributed by atoms with Gasteiger partial charge in [-0.1, -0.05) is 18.2 Å². The molecule has 5 nitrogen and oxygen atoms in total. The van der Waals surface area contributed by atoms with Gasteiger partial charge < -0.3 is 15.2 Å². The fourth-order valence-corrected chi connectivity index (χ4v) is 2.68. The average Bonchev–Trinajstić information content (AvgIpc) is 2.42. The van der Waals surface area contributed by atoms with Gasteiger partial charge in [0.15, 0.2) is 0 Å². The van der Waals surface area contributed by atoms with Crippen molar-refractivity contribution >= 4 is 5.91 Å². The second kappa shape index (κ2) is 6.91. The van der Waals surface area contributed by atoms with E-state index < -0.39 is 0 Å². The van der Waals surface area contributed by atoms with Gasteiger partial charge in [0, 0.05) is 12.1 Å². The van der Waals surface area contributed by atoms with Crippen molar-refractivity contribution in [2.75, 3.05) is 27.3 Å². The van der Waals surface area contributed by atoms with Crippen LogP contribution in [-0.4, -0.2) is 48.8 Å². The number of ether oxygens (including phenoxy) is 1. The summed E-state index contributed by atoms with van der Waals surface area (Å²) < 4.78 is 5.48. The third kappa shape index (κ3) is 3.36. The van der Waals surface area contributed by atoms with Crippen LogP contribution in [0.1, 0.15) is 24.8 Å². The lowest BCUT2D eigenvalue weighted by atomic mass is 9.75. The zero-order valence-electron chi connectivity index (χ0n) is 12.8. The zero-order chi connectivity index (χ0) is 15.3. The van der Waals surface area contributed by atoms with E-state index in [0.29, 0.717) is 12.3 Å². The number of carbonyl (C=O) groups is 1. The van der Waals surface area contributed by atoms with Crippen LogP contribution in [0.3, 0.4) is 0 Å². The van der Waals surface area contributed by atoms with Crippen LogP contribution in [0.25, 0.3) is 0 Å². The number of carbonyl (C=O) groups excluding carboxylic acids is 1. The molecule has 1 aliphatic rings. The normalized spacial score (nSPS) is 16.4. The molecule has 1 amide bonds. The second-order valence-corrected chi connectivity index (χ2v) is 5.64. The Morgan fingerprint density at radius 3 is 2.67 bits per heavy atom. The Kier molecular flexibility index (Phi) is 5.20. The Morgan fingerprint density at radius 1 is 1.38 bits per heavy atom. The molecule has 5 heteroatoms. The molecule has 2 N–H and O–H groups in total. The molecule has 1 aromatic carbocycles. The van der Waals surface area contributed by atoms with Crippen molar-refractivity contribution in [3.05, 3.63) is 29.8 Å². The summed E-state index contributed by atoms with van der Waals surface area (Å²) in [4.78, 5) is 14.5. The van der Waals surface area contributed by atoms with Gasteiger partial charge in [0.05, 0.1) is 12.1 Å². The molecule has 0 spiro atoms. The van der Waals surface area contributed by atoms with E-state index in [1.807, 2.05) is 43.3 Å². The van der Waals surface area contributed by atoms with Crippen molar-refractivity contribution in [2.45, 2.75) is 31.3 Å². The molecule has 0 heterocycles. The molecule has 1 fully saturated rings. The van der Waals surface area contributed by atoms with Crippen LogP contribution < -0.4 is 10.1 Å². The number of rotatable bonds is 7. The number of aliphatic hydroxyl groups excluding tert-OH is 1. The monoisotopic (exact) mass is 292 g/mol. The molecule has 0 bridgehead atoms. The van der Waals surface area contributed by atoms with Crippen LogP contribution in [0.4, 0.5) is 0 Å². The summed E-state index contributed by atoms with van der Waals surface area (Å²) in [7, 11) is 3.91. The minimum absolute atomic E-state index is 0.0234. The molecule has 1 aliphatic carbocycles. The van der Waals surface area contributed by atoms with Gasteiger partial charge in [0.2, 0.25) is 5.91 Å². The maximum Gasteiger partial charge on any atom is 0.240 e. The molecule has 21 heavy (non-hydrogen) atoms. The number of likely N-dealkylation sites (N-methyl/N-ethyl adjacent to an activating group) is 1. The first kappa shape index (κ1) is 15.8. The SMILES string of the molecule is CN(C)C1(C(=O)NCc2ccccc2OCCO)CCC1. The van der Waals surface area contributed by atoms with Crippen molar-refractivity contribution in [1.82, 2.24) is 10.2 Å². The lowest BCUT2D eigenvalue weighted by molar-refractivity contribution is -0.137. The molecule has 0 radical (unpaired) electrons. The maximum absolute atomic E-state index is 12.5. The van der Waals surface area contributed by atoms with Gasteiger partial charge in [-0.3, -0.25) is 9.69 Å². The number of hydrogen-bond acceptors (Lipinski definition) is 4. The average molecular weight is 292 g/mol. The van der Waals surface area contributed by atoms with Crippen molar-refractivity contribution < 1.29 is 14.6 Å². The van der Waals surface area contributed by atoms with Crippen LogP contribution in [0.2, 0.25) is 0 Å². The van der Waals surface area contributed by atoms with E-state index in [4.69, 9.17) is 9.84 Å². The van der Waals surface area contributed by atoms with Crippen LogP contribution in [0.5, 0.6) is 5.75 Å². The summed E-state index contributed by atoms with van der Waals surface area (Å²) in [6, 6.07) is 7.57. The third-order valence-electron chi connectivity index (χ3n) is 4.22. The van der Waals surface area contributed by atoms with Gasteiger partial charge in [-0.05, 0) is 39.4 Å². The van der Waals surface area contributed by atoms with Gasteiger partial charge in [0.25, 0.3) is 0 Å². The van der Waals surface area contributed by atoms with E-state index in [9.17, 15) is 4.79 Å². The predicted molar refractivity (Wildman–Crippen MR) is 81.1 cm³/mol. The Balaban J connectivity index is 1.98. The summed E-state index contributed by atoms with van der Waals surface area (Å²) in [5.41, 5.74) is 0.577. The van der Waals surface area contributed by atoms with Crippen LogP contribution >= 0.6 is 0 Å². The van der Waals surface area contributed by atoms with Gasteiger partial charge >= 0.3 is 0 Å². The Hall–Kier alpha value is -1.59. The molecule has 2 rings (SSSR count). The minimum Gasteiger partial charge on any atom is -0.491 e. The molecule has 116 valence electrons. The molecule has 0 atom stereocenters. The number of para-hydroxylation sites is 1. The highest BCUT2D eigenvalue weighted by Gasteiger charge is 2.45. The summed E-state index contributed by atoms with van der Waals surface area (Å²) in [5.74, 6) is 0.787. The van der Waals surface area contributed by atoms with E-state index in [1.165, 1.54) is 0 Å². The largest absolute Gasteiger partial charge is 0.491 e.